The molecule has 4 nitrogen and oxygen atoms in total. The largest absolute Gasteiger partial charge is 0.348 e. The molecule has 0 saturated carbocycles. The second kappa shape index (κ2) is 6.09. The SMILES string of the molecule is CCNC(=O)C(=O)N1CCSC2=CCCC=C2C1. The highest BCUT2D eigenvalue weighted by Gasteiger charge is 2.25. The molecule has 1 N–H and O–H groups in total. The van der Waals surface area contributed by atoms with Gasteiger partial charge in [0.2, 0.25) is 0 Å². The summed E-state index contributed by atoms with van der Waals surface area (Å²) in [4.78, 5) is 26.5. The number of rotatable bonds is 1. The highest BCUT2D eigenvalue weighted by Crippen LogP contribution is 2.31. The molecule has 2 amide bonds. The van der Waals surface area contributed by atoms with Crippen molar-refractivity contribution in [2.45, 2.75) is 19.8 Å². The number of nitrogens with zero attached hydrogens (tertiary/aromatic N) is 1. The number of likely N-dealkylation sites (N-methyl/N-ethyl adjacent to an activating group) is 1. The molecule has 0 aromatic rings. The molecule has 5 heteroatoms. The molecule has 18 heavy (non-hydrogen) atoms. The molecular weight excluding hydrogens is 248 g/mol. The molecule has 1 heterocycles. The standard InChI is InChI=1S/C13H18N2O2S/c1-2-14-12(16)13(17)15-7-8-18-11-6-4-3-5-10(11)9-15/h5-6H,2-4,7-9H2,1H3,(H,14,16). The molecule has 0 radical (unpaired) electrons. The van der Waals surface area contributed by atoms with Gasteiger partial charge in [-0.15, -0.1) is 11.8 Å². The van der Waals surface area contributed by atoms with Crippen molar-refractivity contribution < 1.29 is 9.59 Å². The fourth-order valence-electron chi connectivity index (χ4n) is 2.10. The van der Waals surface area contributed by atoms with Crippen LogP contribution in [0.4, 0.5) is 0 Å². The summed E-state index contributed by atoms with van der Waals surface area (Å²) in [6, 6.07) is 0. The summed E-state index contributed by atoms with van der Waals surface area (Å²) in [7, 11) is 0. The van der Waals surface area contributed by atoms with E-state index in [4.69, 9.17) is 0 Å². The second-order valence-corrected chi connectivity index (χ2v) is 5.45. The summed E-state index contributed by atoms with van der Waals surface area (Å²) in [5.74, 6) is -0.0505. The molecule has 0 aromatic heterocycles. The summed E-state index contributed by atoms with van der Waals surface area (Å²) in [5.41, 5.74) is 1.20. The molecule has 1 fully saturated rings. The minimum atomic E-state index is -0.494. The zero-order chi connectivity index (χ0) is 13.0. The van der Waals surface area contributed by atoms with Crippen LogP contribution < -0.4 is 5.32 Å². The number of carbonyl (C=O) groups is 2. The summed E-state index contributed by atoms with van der Waals surface area (Å²) in [6.45, 7) is 3.50. The van der Waals surface area contributed by atoms with Crippen LogP contribution in [0.15, 0.2) is 22.6 Å². The molecule has 1 aliphatic carbocycles. The predicted octanol–water partition coefficient (Wildman–Crippen LogP) is 1.30. The fourth-order valence-corrected chi connectivity index (χ4v) is 3.20. The van der Waals surface area contributed by atoms with Crippen LogP contribution in [-0.4, -0.2) is 42.1 Å². The van der Waals surface area contributed by atoms with E-state index in [0.717, 1.165) is 18.6 Å². The van der Waals surface area contributed by atoms with E-state index in [1.165, 1.54) is 10.5 Å². The zero-order valence-electron chi connectivity index (χ0n) is 10.6. The van der Waals surface area contributed by atoms with E-state index < -0.39 is 11.8 Å². The Hall–Kier alpha value is -1.23. The molecule has 1 aliphatic heterocycles. The molecule has 2 aliphatic rings. The first-order chi connectivity index (χ1) is 8.72. The summed E-state index contributed by atoms with van der Waals surface area (Å²) in [5, 5.41) is 2.56. The van der Waals surface area contributed by atoms with Gasteiger partial charge in [0.25, 0.3) is 0 Å². The van der Waals surface area contributed by atoms with E-state index in [-0.39, 0.29) is 0 Å². The van der Waals surface area contributed by atoms with Crippen molar-refractivity contribution in [3.05, 3.63) is 22.6 Å². The van der Waals surface area contributed by atoms with Gasteiger partial charge in [0.1, 0.15) is 0 Å². The lowest BCUT2D eigenvalue weighted by atomic mass is 10.1. The monoisotopic (exact) mass is 266 g/mol. The summed E-state index contributed by atoms with van der Waals surface area (Å²) in [6.07, 6.45) is 6.53. The third-order valence-corrected chi connectivity index (χ3v) is 4.13. The molecule has 0 atom stereocenters. The Kier molecular flexibility index (Phi) is 4.47. The number of carbonyl (C=O) groups excluding carboxylic acids is 2. The molecule has 0 aromatic carbocycles. The fraction of sp³-hybridized carbons (Fsp3) is 0.538. The first kappa shape index (κ1) is 13.2. The van der Waals surface area contributed by atoms with Gasteiger partial charge in [-0.25, -0.2) is 0 Å². The smallest absolute Gasteiger partial charge is 0.312 e. The van der Waals surface area contributed by atoms with Gasteiger partial charge in [0.15, 0.2) is 0 Å². The van der Waals surface area contributed by atoms with Gasteiger partial charge in [0.05, 0.1) is 0 Å². The number of allylic oxidation sites excluding steroid dienone is 2. The Morgan fingerprint density at radius 3 is 2.94 bits per heavy atom. The molecule has 1 saturated heterocycles. The molecule has 0 spiro atoms. The first-order valence-electron chi connectivity index (χ1n) is 6.32. The Morgan fingerprint density at radius 2 is 2.17 bits per heavy atom. The van der Waals surface area contributed by atoms with Gasteiger partial charge in [-0.05, 0) is 25.3 Å². The third-order valence-electron chi connectivity index (χ3n) is 3.00. The minimum Gasteiger partial charge on any atom is -0.348 e. The lowest BCUT2D eigenvalue weighted by molar-refractivity contribution is -0.145. The number of fused-ring (bicyclic) bond motifs is 1. The van der Waals surface area contributed by atoms with Crippen molar-refractivity contribution in [1.29, 1.82) is 0 Å². The van der Waals surface area contributed by atoms with E-state index in [1.807, 2.05) is 6.92 Å². The first-order valence-corrected chi connectivity index (χ1v) is 7.30. The highest BCUT2D eigenvalue weighted by atomic mass is 32.2. The zero-order valence-corrected chi connectivity index (χ0v) is 11.4. The molecular formula is C13H18N2O2S. The van der Waals surface area contributed by atoms with E-state index in [9.17, 15) is 9.59 Å². The molecule has 98 valence electrons. The molecule has 0 bridgehead atoms. The Balaban J connectivity index is 2.06. The quantitative estimate of drug-likeness (QED) is 0.728. The van der Waals surface area contributed by atoms with Crippen LogP contribution in [0, 0.1) is 0 Å². The van der Waals surface area contributed by atoms with Crippen molar-refractivity contribution in [2.75, 3.05) is 25.4 Å². The summed E-state index contributed by atoms with van der Waals surface area (Å²) >= 11 is 1.78. The van der Waals surface area contributed by atoms with Gasteiger partial charge in [-0.3, -0.25) is 9.59 Å². The van der Waals surface area contributed by atoms with Crippen LogP contribution in [-0.2, 0) is 9.59 Å². The maximum atomic E-state index is 12.0. The summed E-state index contributed by atoms with van der Waals surface area (Å²) < 4.78 is 0. The van der Waals surface area contributed by atoms with E-state index in [0.29, 0.717) is 19.6 Å². The van der Waals surface area contributed by atoms with E-state index >= 15 is 0 Å². The van der Waals surface area contributed by atoms with Gasteiger partial charge < -0.3 is 10.2 Å². The molecule has 0 unspecified atom stereocenters. The number of nitrogens with one attached hydrogen (secondary N) is 1. The van der Waals surface area contributed by atoms with E-state index in [2.05, 4.69) is 17.5 Å². The number of hydrogen-bond donors (Lipinski definition) is 1. The van der Waals surface area contributed by atoms with Crippen LogP contribution in [0.1, 0.15) is 19.8 Å². The van der Waals surface area contributed by atoms with E-state index in [1.54, 1.807) is 16.7 Å². The van der Waals surface area contributed by atoms with Crippen molar-refractivity contribution in [1.82, 2.24) is 10.2 Å². The Bertz CT molecular complexity index is 415. The topological polar surface area (TPSA) is 49.4 Å². The lowest BCUT2D eigenvalue weighted by Crippen LogP contribution is -2.44. The van der Waals surface area contributed by atoms with Crippen LogP contribution in [0.2, 0.25) is 0 Å². The van der Waals surface area contributed by atoms with Gasteiger partial charge in [-0.1, -0.05) is 12.2 Å². The van der Waals surface area contributed by atoms with Crippen LogP contribution >= 0.6 is 11.8 Å². The van der Waals surface area contributed by atoms with Gasteiger partial charge in [0, 0.05) is 30.3 Å². The van der Waals surface area contributed by atoms with Crippen molar-refractivity contribution in [3.63, 3.8) is 0 Å². The Labute approximate surface area is 111 Å². The number of amides is 2. The van der Waals surface area contributed by atoms with Gasteiger partial charge >= 0.3 is 11.8 Å². The number of thioether (sulfide) groups is 1. The van der Waals surface area contributed by atoms with Crippen LogP contribution in [0.3, 0.4) is 0 Å². The average molecular weight is 266 g/mol. The van der Waals surface area contributed by atoms with Crippen molar-refractivity contribution in [3.8, 4) is 0 Å². The van der Waals surface area contributed by atoms with Crippen LogP contribution in [0.5, 0.6) is 0 Å². The molecule has 2 rings (SSSR count). The maximum absolute atomic E-state index is 12.0. The minimum absolute atomic E-state index is 0.412. The lowest BCUT2D eigenvalue weighted by Gasteiger charge is -2.21. The maximum Gasteiger partial charge on any atom is 0.312 e. The number of hydrogen-bond acceptors (Lipinski definition) is 3. The Morgan fingerprint density at radius 1 is 1.39 bits per heavy atom. The van der Waals surface area contributed by atoms with Crippen molar-refractivity contribution >= 4 is 23.6 Å². The predicted molar refractivity (Wildman–Crippen MR) is 73.1 cm³/mol. The third kappa shape index (κ3) is 2.96. The second-order valence-electron chi connectivity index (χ2n) is 4.31. The normalized spacial score (nSPS) is 19.3. The highest BCUT2D eigenvalue weighted by molar-refractivity contribution is 8.03. The van der Waals surface area contributed by atoms with Gasteiger partial charge in [-0.2, -0.15) is 0 Å². The van der Waals surface area contributed by atoms with Crippen molar-refractivity contribution in [2.24, 2.45) is 0 Å². The van der Waals surface area contributed by atoms with Crippen LogP contribution in [0.25, 0.3) is 0 Å². The average Bonchev–Trinajstić information content (AvgIpc) is 2.60.